The minimum absolute atomic E-state index is 0.000765. The van der Waals surface area contributed by atoms with Gasteiger partial charge in [-0.25, -0.2) is 4.68 Å². The maximum Gasteiger partial charge on any atom is 0.436 e. The topological polar surface area (TPSA) is 27.1 Å². The van der Waals surface area contributed by atoms with Gasteiger partial charge in [0.1, 0.15) is 0 Å². The summed E-state index contributed by atoms with van der Waals surface area (Å²) in [5.41, 5.74) is -0.437. The molecule has 0 spiro atoms. The predicted molar refractivity (Wildman–Crippen MR) is 58.5 cm³/mol. The van der Waals surface area contributed by atoms with Crippen LogP contribution in [0.15, 0.2) is 4.47 Å². The first-order valence-electron chi connectivity index (χ1n) is 5.34. The Morgan fingerprint density at radius 2 is 2.12 bits per heavy atom. The number of aromatic nitrogens is 2. The number of nitrogens with zero attached hydrogens (tertiary/aromatic N) is 2. The lowest BCUT2D eigenvalue weighted by Crippen LogP contribution is -2.20. The zero-order chi connectivity index (χ0) is 12.6. The molecular formula is C10H12BrF3N2O. The smallest absolute Gasteiger partial charge is 0.357 e. The van der Waals surface area contributed by atoms with E-state index in [1.807, 2.05) is 0 Å². The summed E-state index contributed by atoms with van der Waals surface area (Å²) in [7, 11) is 0. The van der Waals surface area contributed by atoms with Crippen molar-refractivity contribution in [1.29, 1.82) is 0 Å². The summed E-state index contributed by atoms with van der Waals surface area (Å²) >= 11 is 2.94. The summed E-state index contributed by atoms with van der Waals surface area (Å²) in [5.74, 6) is 0. The number of hydrogen-bond donors (Lipinski definition) is 0. The lowest BCUT2D eigenvalue weighted by atomic mass is 10.2. The van der Waals surface area contributed by atoms with Gasteiger partial charge in [-0.3, -0.25) is 0 Å². The van der Waals surface area contributed by atoms with Crippen LogP contribution in [-0.4, -0.2) is 16.4 Å². The molecule has 1 saturated heterocycles. The monoisotopic (exact) mass is 312 g/mol. The highest BCUT2D eigenvalue weighted by atomic mass is 79.9. The second kappa shape index (κ2) is 4.61. The van der Waals surface area contributed by atoms with Crippen molar-refractivity contribution in [1.82, 2.24) is 9.78 Å². The van der Waals surface area contributed by atoms with Gasteiger partial charge in [-0.05, 0) is 42.1 Å². The summed E-state index contributed by atoms with van der Waals surface area (Å²) < 4.78 is 44.8. The van der Waals surface area contributed by atoms with Gasteiger partial charge in [0, 0.05) is 6.61 Å². The molecule has 96 valence electrons. The summed E-state index contributed by atoms with van der Waals surface area (Å²) in [5, 5.41) is 3.62. The van der Waals surface area contributed by atoms with Crippen LogP contribution in [0.3, 0.4) is 0 Å². The Morgan fingerprint density at radius 3 is 2.59 bits per heavy atom. The molecule has 0 radical (unpaired) electrons. The molecule has 17 heavy (non-hydrogen) atoms. The van der Waals surface area contributed by atoms with Crippen LogP contribution in [-0.2, 0) is 10.9 Å². The van der Waals surface area contributed by atoms with Gasteiger partial charge in [0.2, 0.25) is 0 Å². The largest absolute Gasteiger partial charge is 0.436 e. The van der Waals surface area contributed by atoms with Crippen molar-refractivity contribution >= 4 is 15.9 Å². The Balaban J connectivity index is 2.35. The highest BCUT2D eigenvalue weighted by Gasteiger charge is 2.38. The number of alkyl halides is 3. The third-order valence-corrected chi connectivity index (χ3v) is 3.72. The Kier molecular flexibility index (Phi) is 3.49. The molecule has 0 bridgehead atoms. The van der Waals surface area contributed by atoms with Crippen LogP contribution in [0.2, 0.25) is 0 Å². The molecule has 0 aliphatic carbocycles. The Hall–Kier alpha value is -0.560. The van der Waals surface area contributed by atoms with Crippen LogP contribution in [0.5, 0.6) is 0 Å². The van der Waals surface area contributed by atoms with Crippen LogP contribution in [0.25, 0.3) is 0 Å². The van der Waals surface area contributed by atoms with Gasteiger partial charge in [-0.1, -0.05) is 0 Å². The van der Waals surface area contributed by atoms with E-state index in [1.165, 1.54) is 4.68 Å². The first-order valence-corrected chi connectivity index (χ1v) is 6.14. The number of halogens is 4. The van der Waals surface area contributed by atoms with Gasteiger partial charge in [0.05, 0.1) is 10.2 Å². The molecule has 2 heterocycles. The van der Waals surface area contributed by atoms with Crippen LogP contribution in [0, 0.1) is 6.92 Å². The summed E-state index contributed by atoms with van der Waals surface area (Å²) in [6.45, 7) is 2.17. The molecule has 1 aromatic heterocycles. The molecule has 7 heteroatoms. The van der Waals surface area contributed by atoms with E-state index in [-0.39, 0.29) is 10.7 Å². The SMILES string of the molecule is Cc1c(Br)c(C(F)(F)F)nn1C1CCCCO1. The summed E-state index contributed by atoms with van der Waals surface area (Å²) in [6.07, 6.45) is -2.22. The second-order valence-electron chi connectivity index (χ2n) is 4.01. The van der Waals surface area contributed by atoms with Crippen molar-refractivity contribution in [2.45, 2.75) is 38.6 Å². The molecule has 1 aliphatic rings. The molecule has 0 aromatic carbocycles. The first kappa shape index (κ1) is 12.9. The maximum absolute atomic E-state index is 12.7. The van der Waals surface area contributed by atoms with Crippen LogP contribution < -0.4 is 0 Å². The van der Waals surface area contributed by atoms with Gasteiger partial charge >= 0.3 is 6.18 Å². The van der Waals surface area contributed by atoms with E-state index >= 15 is 0 Å². The van der Waals surface area contributed by atoms with Crippen molar-refractivity contribution in [3.05, 3.63) is 15.9 Å². The Labute approximate surface area is 105 Å². The quantitative estimate of drug-likeness (QED) is 0.791. The van der Waals surface area contributed by atoms with Crippen molar-refractivity contribution < 1.29 is 17.9 Å². The molecule has 1 aromatic rings. The molecule has 2 rings (SSSR count). The van der Waals surface area contributed by atoms with Gasteiger partial charge in [-0.2, -0.15) is 18.3 Å². The predicted octanol–water partition coefficient (Wildman–Crippen LogP) is 3.67. The van der Waals surface area contributed by atoms with Crippen LogP contribution >= 0.6 is 15.9 Å². The highest BCUT2D eigenvalue weighted by Crippen LogP contribution is 2.37. The minimum atomic E-state index is -4.44. The van der Waals surface area contributed by atoms with E-state index in [0.29, 0.717) is 18.7 Å². The second-order valence-corrected chi connectivity index (χ2v) is 4.80. The molecule has 3 nitrogen and oxygen atoms in total. The number of ether oxygens (including phenoxy) is 1. The summed E-state index contributed by atoms with van der Waals surface area (Å²) in [6, 6.07) is 0. The Morgan fingerprint density at radius 1 is 1.41 bits per heavy atom. The lowest BCUT2D eigenvalue weighted by Gasteiger charge is -2.23. The van der Waals surface area contributed by atoms with Crippen molar-refractivity contribution in [2.24, 2.45) is 0 Å². The van der Waals surface area contributed by atoms with Gasteiger partial charge in [0.25, 0.3) is 0 Å². The molecule has 1 unspecified atom stereocenters. The van der Waals surface area contributed by atoms with Crippen LogP contribution in [0.1, 0.15) is 36.9 Å². The Bertz CT molecular complexity index is 410. The average Bonchev–Trinajstić information content (AvgIpc) is 2.57. The lowest BCUT2D eigenvalue weighted by molar-refractivity contribution is -0.142. The zero-order valence-corrected chi connectivity index (χ0v) is 10.8. The van der Waals surface area contributed by atoms with E-state index in [1.54, 1.807) is 6.92 Å². The van der Waals surface area contributed by atoms with E-state index in [2.05, 4.69) is 21.0 Å². The van der Waals surface area contributed by atoms with Crippen molar-refractivity contribution in [3.63, 3.8) is 0 Å². The first-order chi connectivity index (χ1) is 7.91. The van der Waals surface area contributed by atoms with Crippen LogP contribution in [0.4, 0.5) is 13.2 Å². The van der Waals surface area contributed by atoms with E-state index in [4.69, 9.17) is 4.74 Å². The highest BCUT2D eigenvalue weighted by molar-refractivity contribution is 9.10. The van der Waals surface area contributed by atoms with E-state index in [9.17, 15) is 13.2 Å². The molecule has 0 saturated carbocycles. The van der Waals surface area contributed by atoms with Gasteiger partial charge in [-0.15, -0.1) is 0 Å². The van der Waals surface area contributed by atoms with Crippen molar-refractivity contribution in [3.8, 4) is 0 Å². The molecule has 0 amide bonds. The number of hydrogen-bond acceptors (Lipinski definition) is 2. The van der Waals surface area contributed by atoms with E-state index in [0.717, 1.165) is 12.8 Å². The van der Waals surface area contributed by atoms with E-state index < -0.39 is 11.9 Å². The molecule has 0 N–H and O–H groups in total. The molecule has 1 fully saturated rings. The zero-order valence-electron chi connectivity index (χ0n) is 9.22. The number of rotatable bonds is 1. The maximum atomic E-state index is 12.7. The fraction of sp³-hybridized carbons (Fsp3) is 0.700. The third kappa shape index (κ3) is 2.49. The minimum Gasteiger partial charge on any atom is -0.357 e. The molecule has 1 atom stereocenters. The molecule has 1 aliphatic heterocycles. The fourth-order valence-electron chi connectivity index (χ4n) is 1.88. The fourth-order valence-corrected chi connectivity index (χ4v) is 2.36. The summed E-state index contributed by atoms with van der Waals surface area (Å²) in [4.78, 5) is 0. The van der Waals surface area contributed by atoms with Gasteiger partial charge < -0.3 is 4.74 Å². The van der Waals surface area contributed by atoms with Gasteiger partial charge in [0.15, 0.2) is 11.9 Å². The standard InChI is InChI=1S/C10H12BrF3N2O/c1-6-8(11)9(10(12,13)14)15-16(6)7-4-2-3-5-17-7/h7H,2-5H2,1H3. The molecular weight excluding hydrogens is 301 g/mol. The normalized spacial score (nSPS) is 21.8. The average molecular weight is 313 g/mol. The van der Waals surface area contributed by atoms with Crippen molar-refractivity contribution in [2.75, 3.05) is 6.61 Å². The third-order valence-electron chi connectivity index (χ3n) is 2.77.